The van der Waals surface area contributed by atoms with E-state index in [0.717, 1.165) is 5.56 Å². The molecule has 0 unspecified atom stereocenters. The highest BCUT2D eigenvalue weighted by molar-refractivity contribution is 5.81. The fourth-order valence-electron chi connectivity index (χ4n) is 3.45. The molecule has 11 nitrogen and oxygen atoms in total. The number of rotatable bonds is 4. The summed E-state index contributed by atoms with van der Waals surface area (Å²) in [4.78, 5) is 20.7. The number of nitrogens with two attached hydrogens (primary N) is 1. The van der Waals surface area contributed by atoms with Gasteiger partial charge in [0.25, 0.3) is 0 Å². The van der Waals surface area contributed by atoms with Crippen molar-refractivity contribution < 1.29 is 37.3 Å². The molecule has 156 valence electrons. The Kier molecular flexibility index (Phi) is 7.56. The summed E-state index contributed by atoms with van der Waals surface area (Å²) in [5.41, 5.74) is 7.04. The van der Waals surface area contributed by atoms with Crippen molar-refractivity contribution in [3.05, 3.63) is 58.7 Å². The standard InChI is InChI=1S/C17H19N5O3.BrH.HNO2/c18-15-14-16(20-9-19-15)22(10-21-14)17(6-11-4-2-1-3-5-11)7-12(24)13(8-23)25-17;;2-1-3/h1-5,9-10,12-13,23-24H,6-8H2,(H2,18,19,20);1H;1H/p-1/t12-,13+,17+;;/m0../s1. The van der Waals surface area contributed by atoms with Gasteiger partial charge in [0, 0.05) is 18.2 Å². The summed E-state index contributed by atoms with van der Waals surface area (Å²) in [5.74, 6) is 0.288. The minimum absolute atomic E-state index is 0. The van der Waals surface area contributed by atoms with Crippen molar-refractivity contribution in [1.29, 1.82) is 0 Å². The monoisotopic (exact) mass is 467 g/mol. The predicted molar refractivity (Wildman–Crippen MR) is 98.1 cm³/mol. The number of nitrogens with zero attached hydrogens (tertiary/aromatic N) is 4. The normalized spacial score (nSPS) is 23.1. The highest BCUT2D eigenvalue weighted by Gasteiger charge is 2.48. The minimum Gasteiger partial charge on any atom is -1.00 e. The highest BCUT2D eigenvalue weighted by Crippen LogP contribution is 2.39. The average Bonchev–Trinajstić information content (AvgIpc) is 3.26. The first kappa shape index (κ1) is 22.6. The van der Waals surface area contributed by atoms with E-state index in [4.69, 9.17) is 20.6 Å². The van der Waals surface area contributed by atoms with Crippen LogP contribution in [0.5, 0.6) is 0 Å². The zero-order chi connectivity index (χ0) is 20.1. The van der Waals surface area contributed by atoms with Gasteiger partial charge in [-0.1, -0.05) is 30.3 Å². The number of aliphatic hydroxyl groups excluding tert-OH is 2. The van der Waals surface area contributed by atoms with E-state index >= 15 is 0 Å². The predicted octanol–water partition coefficient (Wildman–Crippen LogP) is -4.22. The molecule has 1 aliphatic rings. The summed E-state index contributed by atoms with van der Waals surface area (Å²) >= 11 is 0. The maximum atomic E-state index is 10.4. The quantitative estimate of drug-likeness (QED) is 0.219. The highest BCUT2D eigenvalue weighted by atomic mass is 79.9. The maximum Gasteiger partial charge on any atom is 0.167 e. The molecule has 0 amide bonds. The van der Waals surface area contributed by atoms with Gasteiger partial charge in [-0.3, -0.25) is 14.7 Å². The second kappa shape index (κ2) is 9.69. The van der Waals surface area contributed by atoms with Crippen LogP contribution in [0.3, 0.4) is 0 Å². The van der Waals surface area contributed by atoms with Crippen LogP contribution < -0.4 is 28.1 Å². The molecule has 0 saturated carbocycles. The lowest BCUT2D eigenvalue weighted by Crippen LogP contribution is -3.00. The Hall–Kier alpha value is -2.67. The van der Waals surface area contributed by atoms with E-state index in [1.807, 2.05) is 30.3 Å². The molecule has 29 heavy (non-hydrogen) atoms. The molecule has 3 atom stereocenters. The van der Waals surface area contributed by atoms with Gasteiger partial charge in [0.2, 0.25) is 0 Å². The molecule has 12 heteroatoms. The average molecular weight is 468 g/mol. The van der Waals surface area contributed by atoms with Crippen molar-refractivity contribution in [2.45, 2.75) is 30.8 Å². The van der Waals surface area contributed by atoms with Crippen LogP contribution in [0.15, 0.2) is 43.0 Å². The van der Waals surface area contributed by atoms with E-state index in [9.17, 15) is 10.2 Å². The van der Waals surface area contributed by atoms with E-state index in [1.54, 1.807) is 10.9 Å². The molecule has 2 aromatic heterocycles. The van der Waals surface area contributed by atoms with Gasteiger partial charge >= 0.3 is 0 Å². The Morgan fingerprint density at radius 2 is 2.00 bits per heavy atom. The number of hydrogen-bond acceptors (Lipinski definition) is 9. The summed E-state index contributed by atoms with van der Waals surface area (Å²) in [6, 6.07) is 9.82. The molecule has 0 radical (unpaired) electrons. The Morgan fingerprint density at radius 3 is 2.62 bits per heavy atom. The van der Waals surface area contributed by atoms with Crippen molar-refractivity contribution >= 4 is 17.0 Å². The first-order chi connectivity index (χ1) is 13.5. The summed E-state index contributed by atoms with van der Waals surface area (Å²) < 4.78 is 7.91. The van der Waals surface area contributed by atoms with Gasteiger partial charge in [-0.25, -0.2) is 15.0 Å². The number of imidazole rings is 1. The number of nitrogens with one attached hydrogen (secondary N) is 1. The van der Waals surface area contributed by atoms with Gasteiger partial charge in [0.05, 0.1) is 19.0 Å². The number of benzene rings is 1. The van der Waals surface area contributed by atoms with Crippen molar-refractivity contribution in [3.63, 3.8) is 0 Å². The Bertz CT molecular complexity index is 942. The fraction of sp³-hybridized carbons (Fsp3) is 0.353. The summed E-state index contributed by atoms with van der Waals surface area (Å²) in [5, 5.41) is 28.3. The number of ether oxygens (including phenoxy) is 1. The first-order valence-electron chi connectivity index (χ1n) is 8.48. The molecule has 1 aliphatic heterocycles. The second-order valence-corrected chi connectivity index (χ2v) is 6.35. The molecule has 1 fully saturated rings. The third-order valence-corrected chi connectivity index (χ3v) is 4.63. The molecular weight excluding hydrogens is 448 g/mol. The van der Waals surface area contributed by atoms with Gasteiger partial charge < -0.3 is 37.7 Å². The topological polar surface area (TPSA) is 173 Å². The minimum atomic E-state index is -0.913. The van der Waals surface area contributed by atoms with Crippen molar-refractivity contribution in [2.75, 3.05) is 12.3 Å². The van der Waals surface area contributed by atoms with Gasteiger partial charge in [-0.05, 0) is 5.56 Å². The summed E-state index contributed by atoms with van der Waals surface area (Å²) in [7, 11) is 0. The van der Waals surface area contributed by atoms with Crippen LogP contribution in [0.25, 0.3) is 11.2 Å². The molecule has 3 heterocycles. The molecule has 4 rings (SSSR count). The van der Waals surface area contributed by atoms with Crippen molar-refractivity contribution in [3.8, 4) is 0 Å². The van der Waals surface area contributed by atoms with Crippen LogP contribution in [0.2, 0.25) is 0 Å². The number of aliphatic hydroxyl groups is 2. The van der Waals surface area contributed by atoms with E-state index in [-0.39, 0.29) is 34.7 Å². The Morgan fingerprint density at radius 1 is 1.31 bits per heavy atom. The lowest BCUT2D eigenvalue weighted by molar-refractivity contribution is -0.398. The number of halogens is 1. The number of aromatic nitrogens is 4. The molecule has 3 aromatic rings. The van der Waals surface area contributed by atoms with E-state index < -0.39 is 17.9 Å². The lowest BCUT2D eigenvalue weighted by Gasteiger charge is -2.31. The first-order valence-corrected chi connectivity index (χ1v) is 8.48. The zero-order valence-electron chi connectivity index (χ0n) is 15.2. The van der Waals surface area contributed by atoms with Crippen LogP contribution in [0, 0.1) is 10.1 Å². The fourth-order valence-corrected chi connectivity index (χ4v) is 3.45. The molecule has 1 aromatic carbocycles. The number of fused-ring (bicyclic) bond motifs is 1. The van der Waals surface area contributed by atoms with Crippen LogP contribution in [0.4, 0.5) is 5.82 Å². The maximum absolute atomic E-state index is 10.4. The Balaban J connectivity index is 0.000000708. The van der Waals surface area contributed by atoms with E-state index in [1.165, 1.54) is 6.33 Å². The van der Waals surface area contributed by atoms with E-state index in [2.05, 4.69) is 15.0 Å². The Labute approximate surface area is 175 Å². The molecular formula is C17H20BrN6O5-. The number of anilines is 1. The van der Waals surface area contributed by atoms with Crippen LogP contribution in [0.1, 0.15) is 12.0 Å². The third kappa shape index (κ3) is 4.50. The molecule has 1 saturated heterocycles. The second-order valence-electron chi connectivity index (χ2n) is 6.35. The van der Waals surface area contributed by atoms with Gasteiger partial charge in [0.15, 0.2) is 17.2 Å². The number of hydrogen-bond donors (Lipinski definition) is 4. The summed E-state index contributed by atoms with van der Waals surface area (Å²) in [6.07, 6.45) is 2.33. The number of nitrogen functional groups attached to an aromatic ring is 1. The SMILES string of the molecule is Nc1ncnc2c1ncn2[C@@]1(Cc2ccccc2)C[C@H](O)[C@@H](CO)O1.O=[NH+][O-].[Br-]. The lowest BCUT2D eigenvalue weighted by atomic mass is 9.97. The van der Waals surface area contributed by atoms with E-state index in [0.29, 0.717) is 24.0 Å². The van der Waals surface area contributed by atoms with Crippen molar-refractivity contribution in [2.24, 2.45) is 0 Å². The summed E-state index contributed by atoms with van der Waals surface area (Å²) in [6.45, 7) is -0.262. The van der Waals surface area contributed by atoms with Crippen molar-refractivity contribution in [1.82, 2.24) is 19.5 Å². The van der Waals surface area contributed by atoms with Crippen LogP contribution in [-0.4, -0.2) is 48.5 Å². The zero-order valence-corrected chi connectivity index (χ0v) is 16.8. The van der Waals surface area contributed by atoms with Gasteiger partial charge in [-0.2, -0.15) is 0 Å². The van der Waals surface area contributed by atoms with Crippen LogP contribution >= 0.6 is 0 Å². The smallest absolute Gasteiger partial charge is 0.167 e. The van der Waals surface area contributed by atoms with Crippen LogP contribution in [-0.2, 0) is 16.9 Å². The molecule has 0 spiro atoms. The third-order valence-electron chi connectivity index (χ3n) is 4.63. The van der Waals surface area contributed by atoms with Gasteiger partial charge in [-0.15, -0.1) is 0 Å². The molecule has 5 N–H and O–H groups in total. The molecule has 0 bridgehead atoms. The largest absolute Gasteiger partial charge is 1.00 e. The van der Waals surface area contributed by atoms with Gasteiger partial charge in [0.1, 0.15) is 17.9 Å². The molecule has 0 aliphatic carbocycles.